The molecule has 1 fully saturated rings. The quantitative estimate of drug-likeness (QED) is 0.787. The topological polar surface area (TPSA) is 78.5 Å². The van der Waals surface area contributed by atoms with Gasteiger partial charge in [0.1, 0.15) is 12.4 Å². The van der Waals surface area contributed by atoms with Gasteiger partial charge in [0.05, 0.1) is 12.6 Å². The molecule has 1 aliphatic rings. The lowest BCUT2D eigenvalue weighted by molar-refractivity contribution is -0.130. The molecule has 0 spiro atoms. The summed E-state index contributed by atoms with van der Waals surface area (Å²) in [5, 5.41) is 5.54. The highest BCUT2D eigenvalue weighted by atomic mass is 35.5. The van der Waals surface area contributed by atoms with Gasteiger partial charge in [-0.15, -0.1) is 0 Å². The van der Waals surface area contributed by atoms with Gasteiger partial charge in [-0.1, -0.05) is 41.9 Å². The maximum atomic E-state index is 13.2. The first-order valence-corrected chi connectivity index (χ1v) is 8.21. The third-order valence-electron chi connectivity index (χ3n) is 3.96. The van der Waals surface area contributed by atoms with Crippen molar-refractivity contribution in [1.29, 1.82) is 0 Å². The molecular formula is C18H15ClFN3O3. The van der Waals surface area contributed by atoms with Crippen LogP contribution in [-0.2, 0) is 9.59 Å². The third-order valence-corrected chi connectivity index (χ3v) is 4.31. The molecule has 6 nitrogen and oxygen atoms in total. The van der Waals surface area contributed by atoms with Crippen LogP contribution in [0.15, 0.2) is 48.5 Å². The van der Waals surface area contributed by atoms with Crippen LogP contribution in [0.3, 0.4) is 0 Å². The summed E-state index contributed by atoms with van der Waals surface area (Å²) in [5.74, 6) is -1.41. The zero-order valence-corrected chi connectivity index (χ0v) is 14.3. The molecule has 0 saturated carbocycles. The zero-order valence-electron chi connectivity index (χ0n) is 13.5. The number of carbonyl (C=O) groups is 3. The molecule has 1 saturated heterocycles. The molecular weight excluding hydrogens is 361 g/mol. The van der Waals surface area contributed by atoms with E-state index in [0.717, 1.165) is 4.90 Å². The van der Waals surface area contributed by atoms with Crippen LogP contribution in [0.4, 0.5) is 9.18 Å². The van der Waals surface area contributed by atoms with Gasteiger partial charge in [0, 0.05) is 5.02 Å². The Kier molecular flexibility index (Phi) is 5.18. The first-order chi connectivity index (χ1) is 12.5. The van der Waals surface area contributed by atoms with E-state index in [1.54, 1.807) is 24.3 Å². The van der Waals surface area contributed by atoms with Crippen molar-refractivity contribution < 1.29 is 18.8 Å². The minimum absolute atomic E-state index is 0.127. The molecule has 2 N–H and O–H groups in total. The Labute approximate surface area is 153 Å². The van der Waals surface area contributed by atoms with Crippen molar-refractivity contribution in [2.45, 2.75) is 6.04 Å². The highest BCUT2D eigenvalue weighted by Crippen LogP contribution is 2.28. The predicted molar refractivity (Wildman–Crippen MR) is 92.9 cm³/mol. The van der Waals surface area contributed by atoms with Gasteiger partial charge in [-0.2, -0.15) is 0 Å². The predicted octanol–water partition coefficient (Wildman–Crippen LogP) is 2.24. The first-order valence-electron chi connectivity index (χ1n) is 7.83. The van der Waals surface area contributed by atoms with Crippen LogP contribution in [0.2, 0.25) is 5.02 Å². The Morgan fingerprint density at radius 2 is 1.88 bits per heavy atom. The molecule has 2 aromatic rings. The van der Waals surface area contributed by atoms with Crippen molar-refractivity contribution in [3.63, 3.8) is 0 Å². The van der Waals surface area contributed by atoms with Gasteiger partial charge < -0.3 is 10.6 Å². The normalized spacial score (nSPS) is 14.9. The molecule has 0 unspecified atom stereocenters. The number of nitrogens with zero attached hydrogens (tertiary/aromatic N) is 1. The zero-order chi connectivity index (χ0) is 18.7. The molecule has 4 amide bonds. The van der Waals surface area contributed by atoms with Crippen molar-refractivity contribution in [3.8, 4) is 0 Å². The lowest BCUT2D eigenvalue weighted by atomic mass is 9.98. The average molecular weight is 376 g/mol. The minimum atomic E-state index is -0.655. The van der Waals surface area contributed by atoms with E-state index in [0.29, 0.717) is 16.1 Å². The van der Waals surface area contributed by atoms with E-state index in [2.05, 4.69) is 10.6 Å². The van der Waals surface area contributed by atoms with E-state index in [-0.39, 0.29) is 6.54 Å². The third kappa shape index (κ3) is 3.83. The summed E-state index contributed by atoms with van der Waals surface area (Å²) in [5.41, 5.74) is 1.23. The van der Waals surface area contributed by atoms with E-state index in [9.17, 15) is 18.8 Å². The van der Waals surface area contributed by atoms with Crippen LogP contribution in [0.25, 0.3) is 0 Å². The fraction of sp³-hybridized carbons (Fsp3) is 0.167. The van der Waals surface area contributed by atoms with Crippen molar-refractivity contribution in [2.75, 3.05) is 13.1 Å². The summed E-state index contributed by atoms with van der Waals surface area (Å²) in [6.07, 6.45) is 0. The largest absolute Gasteiger partial charge is 0.344 e. The van der Waals surface area contributed by atoms with Gasteiger partial charge in [-0.05, 0) is 29.3 Å². The molecule has 26 heavy (non-hydrogen) atoms. The van der Waals surface area contributed by atoms with Crippen LogP contribution >= 0.6 is 11.6 Å². The average Bonchev–Trinajstić information content (AvgIpc) is 2.93. The lowest BCUT2D eigenvalue weighted by Gasteiger charge is -2.22. The van der Waals surface area contributed by atoms with E-state index in [1.165, 1.54) is 24.3 Å². The molecule has 1 aliphatic heterocycles. The monoisotopic (exact) mass is 375 g/mol. The summed E-state index contributed by atoms with van der Waals surface area (Å²) < 4.78 is 13.2. The maximum Gasteiger partial charge on any atom is 0.325 e. The number of imide groups is 1. The van der Waals surface area contributed by atoms with Gasteiger partial charge in [0.2, 0.25) is 5.91 Å². The van der Waals surface area contributed by atoms with Crippen molar-refractivity contribution in [1.82, 2.24) is 15.5 Å². The van der Waals surface area contributed by atoms with E-state index in [1.807, 2.05) is 0 Å². The molecule has 134 valence electrons. The molecule has 1 atom stereocenters. The van der Waals surface area contributed by atoms with Crippen molar-refractivity contribution in [3.05, 3.63) is 70.5 Å². The SMILES string of the molecule is O=C(CN1C(=O)CNC1=O)N[C@H](c1ccc(F)cc1)c1ccccc1Cl. The Morgan fingerprint density at radius 3 is 2.50 bits per heavy atom. The Morgan fingerprint density at radius 1 is 1.19 bits per heavy atom. The van der Waals surface area contributed by atoms with E-state index < -0.39 is 36.2 Å². The molecule has 0 aromatic heterocycles. The van der Waals surface area contributed by atoms with Crippen LogP contribution in [0.5, 0.6) is 0 Å². The fourth-order valence-corrected chi connectivity index (χ4v) is 2.92. The van der Waals surface area contributed by atoms with E-state index >= 15 is 0 Å². The Hall–Kier alpha value is -2.93. The summed E-state index contributed by atoms with van der Waals surface area (Å²) in [7, 11) is 0. The number of benzene rings is 2. The Bertz CT molecular complexity index is 841. The number of rotatable bonds is 5. The smallest absolute Gasteiger partial charge is 0.325 e. The van der Waals surface area contributed by atoms with Crippen LogP contribution in [0.1, 0.15) is 17.2 Å². The molecule has 0 bridgehead atoms. The van der Waals surface area contributed by atoms with Gasteiger partial charge >= 0.3 is 6.03 Å². The van der Waals surface area contributed by atoms with Crippen LogP contribution in [-0.4, -0.2) is 35.8 Å². The summed E-state index contributed by atoms with van der Waals surface area (Å²) in [6.45, 7) is -0.537. The van der Waals surface area contributed by atoms with Gasteiger partial charge in [0.15, 0.2) is 0 Å². The highest BCUT2D eigenvalue weighted by Gasteiger charge is 2.31. The fourth-order valence-electron chi connectivity index (χ4n) is 2.67. The number of hydrogen-bond acceptors (Lipinski definition) is 3. The molecule has 0 radical (unpaired) electrons. The molecule has 8 heteroatoms. The number of carbonyl (C=O) groups excluding carboxylic acids is 3. The van der Waals surface area contributed by atoms with Crippen LogP contribution in [0, 0.1) is 5.82 Å². The van der Waals surface area contributed by atoms with Crippen molar-refractivity contribution >= 4 is 29.4 Å². The second-order valence-corrected chi connectivity index (χ2v) is 6.12. The van der Waals surface area contributed by atoms with Gasteiger partial charge in [0.25, 0.3) is 5.91 Å². The lowest BCUT2D eigenvalue weighted by Crippen LogP contribution is -2.42. The number of hydrogen-bond donors (Lipinski definition) is 2. The van der Waals surface area contributed by atoms with Gasteiger partial charge in [-0.25, -0.2) is 9.18 Å². The maximum absolute atomic E-state index is 13.2. The number of halogens is 2. The highest BCUT2D eigenvalue weighted by molar-refractivity contribution is 6.31. The van der Waals surface area contributed by atoms with Crippen molar-refractivity contribution in [2.24, 2.45) is 0 Å². The van der Waals surface area contributed by atoms with Gasteiger partial charge in [-0.3, -0.25) is 14.5 Å². The first kappa shape index (κ1) is 17.9. The Balaban J connectivity index is 1.85. The number of urea groups is 1. The standard InChI is InChI=1S/C18H15ClFN3O3/c19-14-4-2-1-3-13(14)17(11-5-7-12(20)8-6-11)22-15(24)10-23-16(25)9-21-18(23)26/h1-8,17H,9-10H2,(H,21,26)(H,22,24)/t17-/m1/s1. The molecule has 2 aromatic carbocycles. The van der Waals surface area contributed by atoms with Crippen LogP contribution < -0.4 is 10.6 Å². The summed E-state index contributed by atoms with van der Waals surface area (Å²) in [4.78, 5) is 36.5. The number of nitrogens with one attached hydrogen (secondary N) is 2. The minimum Gasteiger partial charge on any atom is -0.344 e. The summed E-state index contributed by atoms with van der Waals surface area (Å²) in [6, 6.07) is 11.3. The van der Waals surface area contributed by atoms with E-state index in [4.69, 9.17) is 11.6 Å². The summed E-state index contributed by atoms with van der Waals surface area (Å²) >= 11 is 6.25. The second kappa shape index (κ2) is 7.53. The molecule has 1 heterocycles. The molecule has 0 aliphatic carbocycles. The number of amides is 4. The second-order valence-electron chi connectivity index (χ2n) is 5.71. The molecule has 3 rings (SSSR count).